The van der Waals surface area contributed by atoms with Crippen molar-refractivity contribution in [1.29, 1.82) is 0 Å². The number of carbonyl (C=O) groups is 1. The van der Waals surface area contributed by atoms with Crippen LogP contribution in [0.4, 0.5) is 11.6 Å². The van der Waals surface area contributed by atoms with Crippen LogP contribution < -0.4 is 9.80 Å². The van der Waals surface area contributed by atoms with E-state index < -0.39 is 32.3 Å². The van der Waals surface area contributed by atoms with Gasteiger partial charge in [-0.2, -0.15) is 19.2 Å². The number of ether oxygens (including phenoxy) is 4. The van der Waals surface area contributed by atoms with Gasteiger partial charge in [0.15, 0.2) is 17.6 Å². The van der Waals surface area contributed by atoms with Crippen LogP contribution in [-0.4, -0.2) is 131 Å². The molecule has 8 rings (SSSR count). The molecule has 0 aliphatic rings. The molecule has 0 N–H and O–H groups in total. The van der Waals surface area contributed by atoms with E-state index in [2.05, 4.69) is 128 Å². The summed E-state index contributed by atoms with van der Waals surface area (Å²) in [4.78, 5) is 34.8. The number of anilines is 2. The van der Waals surface area contributed by atoms with Crippen molar-refractivity contribution in [2.45, 2.75) is 118 Å². The summed E-state index contributed by atoms with van der Waals surface area (Å²) in [6.07, 6.45) is 9.90. The molecule has 8 aromatic rings. The molecular weight excluding hydrogens is 1040 g/mol. The van der Waals surface area contributed by atoms with Crippen molar-refractivity contribution in [2.75, 3.05) is 63.2 Å². The van der Waals surface area contributed by atoms with E-state index >= 15 is 0 Å². The van der Waals surface area contributed by atoms with Crippen LogP contribution in [0.15, 0.2) is 104 Å². The van der Waals surface area contributed by atoms with Crippen LogP contribution in [0.3, 0.4) is 0 Å². The third-order valence-electron chi connectivity index (χ3n) is 12.7. The first kappa shape index (κ1) is 63.1. The number of hydrogen-bond acceptors (Lipinski definition) is 13. The number of aldehydes is 1. The SMILES string of the molecule is C.C.C=Cc1cc(N(COCC[Si](C)(C)C)COCC[Si](C)(C)C)n2ncc(-c3cnc4ccccc4c3)c2n1.C[Si](C)(C)CCOCN(COCC[Si](C)(C)C)c1cc(C=O)nc2c(-c3cnc4ccccc4c3)cnn12. The fraction of sp³-hybridized carbons (Fsp3) is 0.441. The first-order valence-electron chi connectivity index (χ1n) is 26.4. The van der Waals surface area contributed by atoms with Gasteiger partial charge in [0.25, 0.3) is 0 Å². The monoisotopic (exact) mass is 1130 g/mol. The fourth-order valence-corrected chi connectivity index (χ4v) is 11.0. The van der Waals surface area contributed by atoms with E-state index in [0.717, 1.165) is 105 Å². The van der Waals surface area contributed by atoms with E-state index in [9.17, 15) is 4.79 Å². The lowest BCUT2D eigenvalue weighted by Crippen LogP contribution is -2.33. The molecular formula is C59H88N10O5Si4. The summed E-state index contributed by atoms with van der Waals surface area (Å²) in [5.74, 6) is 1.57. The minimum absolute atomic E-state index is 0. The summed E-state index contributed by atoms with van der Waals surface area (Å²) in [6.45, 7) is 36.5. The van der Waals surface area contributed by atoms with Gasteiger partial charge in [-0.1, -0.05) is 136 Å². The molecule has 0 aliphatic heterocycles. The Bertz CT molecular complexity index is 2960. The van der Waals surface area contributed by atoms with Gasteiger partial charge in [0.2, 0.25) is 0 Å². The molecule has 0 fully saturated rings. The first-order valence-corrected chi connectivity index (χ1v) is 41.3. The minimum Gasteiger partial charge on any atom is -0.361 e. The predicted octanol–water partition coefficient (Wildman–Crippen LogP) is 14.5. The Morgan fingerprint density at radius 3 is 1.19 bits per heavy atom. The number of pyridine rings is 2. The first-order chi connectivity index (χ1) is 36.1. The fourth-order valence-electron chi connectivity index (χ4n) is 7.94. The molecule has 6 heterocycles. The molecule has 19 heteroatoms. The molecule has 0 saturated heterocycles. The lowest BCUT2D eigenvalue weighted by atomic mass is 10.1. The third kappa shape index (κ3) is 18.1. The summed E-state index contributed by atoms with van der Waals surface area (Å²) in [5, 5.41) is 11.6. The van der Waals surface area contributed by atoms with E-state index in [4.69, 9.17) is 29.0 Å². The third-order valence-corrected chi connectivity index (χ3v) is 19.5. The highest BCUT2D eigenvalue weighted by Gasteiger charge is 2.23. The zero-order chi connectivity index (χ0) is 54.7. The van der Waals surface area contributed by atoms with Gasteiger partial charge in [-0.05, 0) is 54.5 Å². The van der Waals surface area contributed by atoms with Crippen LogP contribution >= 0.6 is 0 Å². The van der Waals surface area contributed by atoms with Gasteiger partial charge in [0, 0.05) is 116 Å². The Labute approximate surface area is 468 Å². The Balaban J connectivity index is 0.000000280. The van der Waals surface area contributed by atoms with Crippen molar-refractivity contribution < 1.29 is 23.7 Å². The second-order valence-electron chi connectivity index (χ2n) is 24.3. The zero-order valence-electron chi connectivity index (χ0n) is 47.1. The second kappa shape index (κ2) is 27.9. The maximum Gasteiger partial charge on any atom is 0.168 e. The number of hydrogen-bond donors (Lipinski definition) is 0. The normalized spacial score (nSPS) is 12.1. The minimum atomic E-state index is -1.22. The smallest absolute Gasteiger partial charge is 0.168 e. The van der Waals surface area contributed by atoms with E-state index in [1.807, 2.05) is 76.5 Å². The predicted molar refractivity (Wildman–Crippen MR) is 337 cm³/mol. The molecule has 0 atom stereocenters. The largest absolute Gasteiger partial charge is 0.361 e. The van der Waals surface area contributed by atoms with E-state index in [1.165, 1.54) is 0 Å². The molecule has 420 valence electrons. The van der Waals surface area contributed by atoms with Gasteiger partial charge in [0.05, 0.1) is 29.1 Å². The highest BCUT2D eigenvalue weighted by molar-refractivity contribution is 6.77. The molecule has 6 aromatic heterocycles. The number of fused-ring (bicyclic) bond motifs is 4. The number of carbonyl (C=O) groups excluding carboxylic acids is 1. The topological polar surface area (TPSA) is 147 Å². The maximum atomic E-state index is 11.9. The van der Waals surface area contributed by atoms with E-state index in [0.29, 0.717) is 57.3 Å². The van der Waals surface area contributed by atoms with Gasteiger partial charge in [-0.15, -0.1) is 0 Å². The van der Waals surface area contributed by atoms with Crippen molar-refractivity contribution in [3.8, 4) is 22.3 Å². The molecule has 2 aromatic carbocycles. The van der Waals surface area contributed by atoms with Gasteiger partial charge in [-0.3, -0.25) is 14.8 Å². The molecule has 78 heavy (non-hydrogen) atoms. The average Bonchev–Trinajstić information content (AvgIpc) is 4.03. The van der Waals surface area contributed by atoms with Gasteiger partial charge < -0.3 is 28.7 Å². The van der Waals surface area contributed by atoms with Gasteiger partial charge in [-0.25, -0.2) is 9.97 Å². The second-order valence-corrected chi connectivity index (χ2v) is 46.8. The number of nitrogens with zero attached hydrogens (tertiary/aromatic N) is 10. The molecule has 0 bridgehead atoms. The zero-order valence-corrected chi connectivity index (χ0v) is 51.1. The quantitative estimate of drug-likeness (QED) is 0.0219. The molecule has 0 amide bonds. The maximum absolute atomic E-state index is 11.9. The number of rotatable bonds is 26. The molecule has 0 radical (unpaired) electrons. The standard InChI is InChI=1S/C29H41N5O2Si2.C28H39N5O3Si2.2CH4/c1-8-25-18-28(33(21-35-13-15-37(2,3)4)22-36-14-16-38(5,6)7)34-29(32-25)26(20-31-34)24-17-23-11-9-10-12-27(23)30-19-24;1-37(2,3)13-11-35-20-32(21-36-12-14-38(4,5)6)27-16-24(19-34)31-28-25(18-30-33(27)28)23-15-22-9-7-8-10-26(22)29-17-23;;/h8-12,17-20H,1,13-16,21-22H2,2-7H3;7-10,15-19H,11-14,20-21H2,1-6H3;2*1H4. The van der Waals surface area contributed by atoms with Crippen molar-refractivity contribution in [3.05, 3.63) is 116 Å². The lowest BCUT2D eigenvalue weighted by molar-refractivity contribution is 0.0940. The summed E-state index contributed by atoms with van der Waals surface area (Å²) in [7, 11) is -4.83. The van der Waals surface area contributed by atoms with Crippen LogP contribution in [0, 0.1) is 0 Å². The molecule has 0 saturated carbocycles. The van der Waals surface area contributed by atoms with Gasteiger partial charge in [0.1, 0.15) is 44.3 Å². The number of aromatic nitrogens is 8. The molecule has 0 unspecified atom stereocenters. The summed E-state index contributed by atoms with van der Waals surface area (Å²) >= 11 is 0. The average molecular weight is 1130 g/mol. The number of benzene rings is 2. The van der Waals surface area contributed by atoms with E-state index in [-0.39, 0.29) is 14.9 Å². The molecule has 15 nitrogen and oxygen atoms in total. The summed E-state index contributed by atoms with van der Waals surface area (Å²) in [6, 6.07) is 28.4. The highest BCUT2D eigenvalue weighted by atomic mass is 28.3. The van der Waals surface area contributed by atoms with Crippen LogP contribution in [0.25, 0.3) is 61.4 Å². The molecule has 0 spiro atoms. The van der Waals surface area contributed by atoms with Crippen molar-refractivity contribution >= 4 is 89.4 Å². The Morgan fingerprint density at radius 2 is 0.846 bits per heavy atom. The summed E-state index contributed by atoms with van der Waals surface area (Å²) in [5.41, 5.74) is 7.94. The van der Waals surface area contributed by atoms with Crippen molar-refractivity contribution in [1.82, 2.24) is 39.2 Å². The van der Waals surface area contributed by atoms with Crippen LogP contribution in [-0.2, 0) is 18.9 Å². The van der Waals surface area contributed by atoms with Crippen molar-refractivity contribution in [3.63, 3.8) is 0 Å². The van der Waals surface area contributed by atoms with Gasteiger partial charge >= 0.3 is 0 Å². The molecule has 0 aliphatic carbocycles. The van der Waals surface area contributed by atoms with Crippen LogP contribution in [0.5, 0.6) is 0 Å². The Morgan fingerprint density at radius 1 is 0.500 bits per heavy atom. The van der Waals surface area contributed by atoms with Crippen LogP contribution in [0.1, 0.15) is 31.0 Å². The van der Waals surface area contributed by atoms with Crippen LogP contribution in [0.2, 0.25) is 103 Å². The Hall–Kier alpha value is -5.78. The summed E-state index contributed by atoms with van der Waals surface area (Å²) < 4.78 is 28.2. The Kier molecular flexibility index (Phi) is 22.5. The lowest BCUT2D eigenvalue weighted by Gasteiger charge is -2.26. The number of para-hydroxylation sites is 2. The van der Waals surface area contributed by atoms with E-state index in [1.54, 1.807) is 22.9 Å². The van der Waals surface area contributed by atoms with Crippen molar-refractivity contribution in [2.24, 2.45) is 0 Å². The highest BCUT2D eigenvalue weighted by Crippen LogP contribution is 2.31.